The molecule has 2 fully saturated rings. The van der Waals surface area contributed by atoms with Gasteiger partial charge in [-0.15, -0.1) is 0 Å². The summed E-state index contributed by atoms with van der Waals surface area (Å²) in [6, 6.07) is 0.683. The number of hydrogen-bond acceptors (Lipinski definition) is 4. The lowest BCUT2D eigenvalue weighted by atomic mass is 9.67. The smallest absolute Gasteiger partial charge is 0.373 e. The van der Waals surface area contributed by atoms with E-state index in [-0.39, 0.29) is 11.3 Å². The molecule has 1 saturated heterocycles. The highest BCUT2D eigenvalue weighted by Gasteiger charge is 2.45. The highest BCUT2D eigenvalue weighted by molar-refractivity contribution is 5.85. The van der Waals surface area contributed by atoms with Crippen LogP contribution in [0.5, 0.6) is 0 Å². The Bertz CT molecular complexity index is 444. The molecule has 3 atom stereocenters. The third-order valence-corrected chi connectivity index (χ3v) is 5.77. The Balaban J connectivity index is 1.90. The molecule has 1 aliphatic carbocycles. The van der Waals surface area contributed by atoms with Crippen LogP contribution in [0.15, 0.2) is 11.8 Å². The van der Waals surface area contributed by atoms with Gasteiger partial charge in [-0.3, -0.25) is 4.90 Å². The minimum absolute atomic E-state index is 0.216. The fourth-order valence-corrected chi connectivity index (χ4v) is 4.76. The number of aliphatic hydroxyl groups excluding tert-OH is 1. The average molecular weight is 323 g/mol. The summed E-state index contributed by atoms with van der Waals surface area (Å²) in [5.74, 6) is 0.710. The van der Waals surface area contributed by atoms with Gasteiger partial charge in [-0.1, -0.05) is 19.8 Å². The van der Waals surface area contributed by atoms with Crippen molar-refractivity contribution in [3.05, 3.63) is 11.8 Å². The molecule has 0 amide bonds. The first-order valence-electron chi connectivity index (χ1n) is 9.16. The zero-order chi connectivity index (χ0) is 17.0. The molecule has 2 aliphatic rings. The number of rotatable bonds is 5. The quantitative estimate of drug-likeness (QED) is 0.359. The van der Waals surface area contributed by atoms with Gasteiger partial charge in [0.25, 0.3) is 0 Å². The van der Waals surface area contributed by atoms with Gasteiger partial charge in [-0.25, -0.2) is 4.79 Å². The molecule has 23 heavy (non-hydrogen) atoms. The van der Waals surface area contributed by atoms with E-state index in [0.29, 0.717) is 12.6 Å². The van der Waals surface area contributed by atoms with Crippen molar-refractivity contribution in [2.75, 3.05) is 13.2 Å². The number of fused-ring (bicyclic) bond motifs is 1. The normalized spacial score (nSPS) is 31.5. The van der Waals surface area contributed by atoms with Crippen LogP contribution in [0.1, 0.15) is 66.2 Å². The van der Waals surface area contributed by atoms with Gasteiger partial charge < -0.3 is 9.84 Å². The van der Waals surface area contributed by atoms with Gasteiger partial charge in [-0.05, 0) is 64.4 Å². The van der Waals surface area contributed by atoms with Gasteiger partial charge in [0.15, 0.2) is 5.76 Å². The van der Waals surface area contributed by atoms with Crippen molar-refractivity contribution in [2.24, 2.45) is 11.8 Å². The largest absolute Gasteiger partial charge is 0.502 e. The number of nitrogens with zero attached hydrogens (tertiary/aromatic N) is 1. The SMILES string of the molecule is CC=C(O)C(=O)OCCCN1C2CCCCC2C(C)CC1(C)C. The highest BCUT2D eigenvalue weighted by atomic mass is 16.5. The minimum Gasteiger partial charge on any atom is -0.502 e. The number of aliphatic hydroxyl groups is 1. The van der Waals surface area contributed by atoms with Gasteiger partial charge in [-0.2, -0.15) is 0 Å². The van der Waals surface area contributed by atoms with E-state index in [1.165, 1.54) is 38.2 Å². The second kappa shape index (κ2) is 7.69. The number of carbonyl (C=O) groups excluding carboxylic acids is 1. The molecule has 0 aromatic rings. The molecule has 0 radical (unpaired) electrons. The Kier molecular flexibility index (Phi) is 6.12. The second-order valence-electron chi connectivity index (χ2n) is 7.87. The van der Waals surface area contributed by atoms with Crippen LogP contribution in [-0.2, 0) is 9.53 Å². The van der Waals surface area contributed by atoms with E-state index >= 15 is 0 Å². The summed E-state index contributed by atoms with van der Waals surface area (Å²) in [7, 11) is 0. The molecular formula is C19H33NO3. The fraction of sp³-hybridized carbons (Fsp3) is 0.842. The molecule has 1 aliphatic heterocycles. The van der Waals surface area contributed by atoms with E-state index in [4.69, 9.17) is 4.74 Å². The van der Waals surface area contributed by atoms with Gasteiger partial charge >= 0.3 is 5.97 Å². The van der Waals surface area contributed by atoms with E-state index in [2.05, 4.69) is 25.7 Å². The molecule has 1 heterocycles. The number of carbonyl (C=O) groups is 1. The van der Waals surface area contributed by atoms with Crippen molar-refractivity contribution in [2.45, 2.75) is 77.8 Å². The van der Waals surface area contributed by atoms with E-state index < -0.39 is 5.97 Å². The van der Waals surface area contributed by atoms with E-state index in [0.717, 1.165) is 24.8 Å². The van der Waals surface area contributed by atoms with Crippen LogP contribution in [0.25, 0.3) is 0 Å². The fourth-order valence-electron chi connectivity index (χ4n) is 4.76. The predicted molar refractivity (Wildman–Crippen MR) is 92.3 cm³/mol. The molecule has 0 aromatic heterocycles. The Morgan fingerprint density at radius 3 is 2.74 bits per heavy atom. The maximum absolute atomic E-state index is 11.5. The first-order chi connectivity index (χ1) is 10.9. The monoisotopic (exact) mass is 323 g/mol. The van der Waals surface area contributed by atoms with E-state index in [1.807, 2.05) is 0 Å². The Hall–Kier alpha value is -1.03. The standard InChI is InChI=1S/C19H33NO3/c1-5-17(21)18(22)23-12-8-11-20-16-10-7-6-9-15(16)14(2)13-19(20,3)4/h5,14-16,21H,6-13H2,1-4H3. The number of allylic oxidation sites excluding steroid dienone is 1. The molecule has 3 unspecified atom stereocenters. The van der Waals surface area contributed by atoms with Crippen molar-refractivity contribution in [1.82, 2.24) is 4.90 Å². The summed E-state index contributed by atoms with van der Waals surface area (Å²) >= 11 is 0. The Morgan fingerprint density at radius 2 is 2.04 bits per heavy atom. The van der Waals surface area contributed by atoms with Crippen molar-refractivity contribution >= 4 is 5.97 Å². The summed E-state index contributed by atoms with van der Waals surface area (Å²) in [6.45, 7) is 10.1. The zero-order valence-electron chi connectivity index (χ0n) is 15.2. The number of hydrogen-bond donors (Lipinski definition) is 1. The maximum Gasteiger partial charge on any atom is 0.373 e. The van der Waals surface area contributed by atoms with Gasteiger partial charge in [0.1, 0.15) is 0 Å². The molecule has 1 saturated carbocycles. The number of esters is 1. The van der Waals surface area contributed by atoms with Crippen LogP contribution in [-0.4, -0.2) is 40.7 Å². The molecule has 0 bridgehead atoms. The third kappa shape index (κ3) is 4.28. The number of piperidine rings is 1. The molecule has 132 valence electrons. The molecule has 0 spiro atoms. The van der Waals surface area contributed by atoms with E-state index in [9.17, 15) is 9.90 Å². The lowest BCUT2D eigenvalue weighted by Crippen LogP contribution is -2.60. The summed E-state index contributed by atoms with van der Waals surface area (Å²) in [5, 5.41) is 9.32. The molecule has 2 rings (SSSR count). The van der Waals surface area contributed by atoms with Crippen LogP contribution in [0.2, 0.25) is 0 Å². The van der Waals surface area contributed by atoms with Crippen LogP contribution in [0.3, 0.4) is 0 Å². The van der Waals surface area contributed by atoms with Gasteiger partial charge in [0.2, 0.25) is 0 Å². The van der Waals surface area contributed by atoms with Crippen molar-refractivity contribution in [3.8, 4) is 0 Å². The number of likely N-dealkylation sites (tertiary alicyclic amines) is 1. The van der Waals surface area contributed by atoms with Crippen LogP contribution >= 0.6 is 0 Å². The molecule has 1 N–H and O–H groups in total. The zero-order valence-corrected chi connectivity index (χ0v) is 15.2. The van der Waals surface area contributed by atoms with Crippen molar-refractivity contribution in [1.29, 1.82) is 0 Å². The van der Waals surface area contributed by atoms with Crippen LogP contribution in [0, 0.1) is 11.8 Å². The first kappa shape index (κ1) is 18.3. The highest BCUT2D eigenvalue weighted by Crippen LogP contribution is 2.45. The van der Waals surface area contributed by atoms with Crippen LogP contribution < -0.4 is 0 Å². The van der Waals surface area contributed by atoms with Crippen LogP contribution in [0.4, 0.5) is 0 Å². The molecule has 0 aromatic carbocycles. The molecule has 4 heteroatoms. The summed E-state index contributed by atoms with van der Waals surface area (Å²) in [6.07, 6.45) is 8.81. The van der Waals surface area contributed by atoms with Crippen molar-refractivity contribution < 1.29 is 14.6 Å². The lowest BCUT2D eigenvalue weighted by Gasteiger charge is -2.56. The Morgan fingerprint density at radius 1 is 1.35 bits per heavy atom. The summed E-state index contributed by atoms with van der Waals surface area (Å²) < 4.78 is 5.13. The second-order valence-corrected chi connectivity index (χ2v) is 7.87. The minimum atomic E-state index is -0.616. The first-order valence-corrected chi connectivity index (χ1v) is 9.16. The Labute approximate surface area is 140 Å². The predicted octanol–water partition coefficient (Wildman–Crippen LogP) is 4.06. The van der Waals surface area contributed by atoms with Gasteiger partial charge in [0, 0.05) is 18.1 Å². The summed E-state index contributed by atoms with van der Waals surface area (Å²) in [5.41, 5.74) is 0.216. The average Bonchev–Trinajstić information content (AvgIpc) is 2.52. The van der Waals surface area contributed by atoms with Crippen molar-refractivity contribution in [3.63, 3.8) is 0 Å². The summed E-state index contributed by atoms with van der Waals surface area (Å²) in [4.78, 5) is 14.1. The third-order valence-electron chi connectivity index (χ3n) is 5.77. The van der Waals surface area contributed by atoms with Gasteiger partial charge in [0.05, 0.1) is 6.61 Å². The number of ether oxygens (including phenoxy) is 1. The van der Waals surface area contributed by atoms with E-state index in [1.54, 1.807) is 6.92 Å². The maximum atomic E-state index is 11.5. The molecule has 4 nitrogen and oxygen atoms in total. The lowest BCUT2D eigenvalue weighted by molar-refractivity contribution is -0.142. The molecular weight excluding hydrogens is 290 g/mol. The topological polar surface area (TPSA) is 49.8 Å².